The van der Waals surface area contributed by atoms with Crippen molar-refractivity contribution in [3.63, 3.8) is 0 Å². The maximum absolute atomic E-state index is 13.4. The van der Waals surface area contributed by atoms with Crippen LogP contribution in [0.5, 0.6) is 0 Å². The minimum atomic E-state index is -4.55. The largest absolute Gasteiger partial charge is 0.418 e. The van der Waals surface area contributed by atoms with E-state index in [1.54, 1.807) is 24.7 Å². The number of amides is 1. The molecule has 6 nitrogen and oxygen atoms in total. The number of para-hydroxylation sites is 1. The highest BCUT2D eigenvalue weighted by atomic mass is 32.1. The number of nitrogens with one attached hydrogen (secondary N) is 1. The molecule has 0 aliphatic rings. The molecular formula is C19H16F3N5OS. The van der Waals surface area contributed by atoms with Gasteiger partial charge in [-0.2, -0.15) is 23.4 Å². The Morgan fingerprint density at radius 2 is 1.86 bits per heavy atom. The van der Waals surface area contributed by atoms with Crippen molar-refractivity contribution in [3.8, 4) is 5.69 Å². The molecule has 0 unspecified atom stereocenters. The summed E-state index contributed by atoms with van der Waals surface area (Å²) in [5, 5.41) is 12.0. The molecule has 1 N–H and O–H groups in total. The van der Waals surface area contributed by atoms with Gasteiger partial charge in [0.05, 0.1) is 27.5 Å². The first-order valence-electron chi connectivity index (χ1n) is 8.63. The van der Waals surface area contributed by atoms with Crippen molar-refractivity contribution in [1.82, 2.24) is 19.6 Å². The maximum Gasteiger partial charge on any atom is 0.418 e. The number of fused-ring (bicyclic) bond motifs is 1. The fourth-order valence-corrected chi connectivity index (χ4v) is 4.18. The molecule has 1 amide bonds. The molecule has 3 aromatic heterocycles. The van der Waals surface area contributed by atoms with Crippen molar-refractivity contribution in [3.05, 3.63) is 58.2 Å². The van der Waals surface area contributed by atoms with Gasteiger partial charge in [0, 0.05) is 18.5 Å². The number of thiophene rings is 1. The van der Waals surface area contributed by atoms with Crippen LogP contribution < -0.4 is 5.32 Å². The van der Waals surface area contributed by atoms with Crippen LogP contribution in [0, 0.1) is 13.8 Å². The topological polar surface area (TPSA) is 64.7 Å². The van der Waals surface area contributed by atoms with E-state index in [9.17, 15) is 18.0 Å². The average molecular weight is 419 g/mol. The number of hydrogen-bond acceptors (Lipinski definition) is 4. The number of hydrogen-bond donors (Lipinski definition) is 1. The summed E-state index contributed by atoms with van der Waals surface area (Å²) in [6.45, 7) is 3.50. The van der Waals surface area contributed by atoms with Gasteiger partial charge in [-0.1, -0.05) is 12.1 Å². The normalized spacial score (nSPS) is 11.9. The third kappa shape index (κ3) is 3.39. The van der Waals surface area contributed by atoms with Crippen molar-refractivity contribution in [2.45, 2.75) is 20.0 Å². The van der Waals surface area contributed by atoms with Gasteiger partial charge in [-0.3, -0.25) is 9.48 Å². The van der Waals surface area contributed by atoms with Gasteiger partial charge in [0.2, 0.25) is 0 Å². The zero-order valence-corrected chi connectivity index (χ0v) is 16.5. The number of benzene rings is 1. The van der Waals surface area contributed by atoms with Crippen LogP contribution in [-0.2, 0) is 13.2 Å². The van der Waals surface area contributed by atoms with E-state index in [4.69, 9.17) is 0 Å². The van der Waals surface area contributed by atoms with Gasteiger partial charge in [0.25, 0.3) is 5.91 Å². The van der Waals surface area contributed by atoms with Crippen LogP contribution in [0.2, 0.25) is 0 Å². The van der Waals surface area contributed by atoms with Gasteiger partial charge in [0.15, 0.2) is 0 Å². The van der Waals surface area contributed by atoms with Crippen LogP contribution in [0.4, 0.5) is 19.0 Å². The zero-order valence-electron chi connectivity index (χ0n) is 15.7. The highest BCUT2D eigenvalue weighted by Gasteiger charge is 2.34. The molecule has 29 heavy (non-hydrogen) atoms. The van der Waals surface area contributed by atoms with E-state index in [0.29, 0.717) is 10.6 Å². The molecule has 0 fully saturated rings. The number of anilines is 1. The van der Waals surface area contributed by atoms with Crippen LogP contribution >= 0.6 is 11.3 Å². The average Bonchev–Trinajstić information content (AvgIpc) is 3.31. The summed E-state index contributed by atoms with van der Waals surface area (Å²) in [6, 6.07) is 8.38. The lowest BCUT2D eigenvalue weighted by Crippen LogP contribution is -2.16. The lowest BCUT2D eigenvalue weighted by molar-refractivity contribution is -0.137. The number of aromatic nitrogens is 4. The summed E-state index contributed by atoms with van der Waals surface area (Å²) < 4.78 is 43.1. The van der Waals surface area contributed by atoms with Gasteiger partial charge in [-0.05, 0) is 32.0 Å². The Kier molecular flexibility index (Phi) is 4.45. The SMILES string of the molecule is Cc1cc(NC(=O)c2cc3c(C)nn(C)c3s2)n(-c2ccccc2C(F)(F)F)n1. The Bertz CT molecular complexity index is 1200. The highest BCUT2D eigenvalue weighted by molar-refractivity contribution is 7.20. The third-order valence-electron chi connectivity index (χ3n) is 4.43. The number of rotatable bonds is 3. The number of nitrogens with zero attached hydrogens (tertiary/aromatic N) is 4. The fraction of sp³-hybridized carbons (Fsp3) is 0.211. The molecule has 0 spiro atoms. The van der Waals surface area contributed by atoms with Crippen LogP contribution in [0.3, 0.4) is 0 Å². The Morgan fingerprint density at radius 3 is 2.55 bits per heavy atom. The lowest BCUT2D eigenvalue weighted by atomic mass is 10.1. The first-order chi connectivity index (χ1) is 13.6. The molecule has 0 atom stereocenters. The standard InChI is InChI=1S/C19H16F3N5OS/c1-10-8-16(27(24-10)14-7-5-4-6-13(14)19(20,21)22)23-17(28)15-9-12-11(2)25-26(3)18(12)29-15/h4-9H,1-3H3,(H,23,28). The van der Waals surface area contributed by atoms with Gasteiger partial charge in [0.1, 0.15) is 10.6 Å². The highest BCUT2D eigenvalue weighted by Crippen LogP contribution is 2.35. The molecule has 1 aromatic carbocycles. The molecule has 0 aliphatic carbocycles. The predicted molar refractivity (Wildman–Crippen MR) is 105 cm³/mol. The second-order valence-electron chi connectivity index (χ2n) is 6.59. The van der Waals surface area contributed by atoms with Crippen LogP contribution in [0.1, 0.15) is 26.6 Å². The third-order valence-corrected chi connectivity index (χ3v) is 5.63. The van der Waals surface area contributed by atoms with Gasteiger partial charge < -0.3 is 5.32 Å². The van der Waals surface area contributed by atoms with Crippen molar-refractivity contribution in [2.24, 2.45) is 7.05 Å². The summed E-state index contributed by atoms with van der Waals surface area (Å²) in [7, 11) is 1.79. The van der Waals surface area contributed by atoms with Crippen molar-refractivity contribution < 1.29 is 18.0 Å². The minimum absolute atomic E-state index is 0.153. The monoisotopic (exact) mass is 419 g/mol. The van der Waals surface area contributed by atoms with E-state index in [1.807, 2.05) is 6.92 Å². The second-order valence-corrected chi connectivity index (χ2v) is 7.62. The maximum atomic E-state index is 13.4. The van der Waals surface area contributed by atoms with Crippen LogP contribution in [0.15, 0.2) is 36.4 Å². The predicted octanol–water partition coefficient (Wildman–Crippen LogP) is 4.71. The number of carbonyl (C=O) groups excluding carboxylic acids is 1. The first-order valence-corrected chi connectivity index (χ1v) is 9.44. The van der Waals surface area contributed by atoms with Crippen molar-refractivity contribution in [1.29, 1.82) is 0 Å². The summed E-state index contributed by atoms with van der Waals surface area (Å²) in [4.78, 5) is 14.1. The van der Waals surface area contributed by atoms with E-state index in [-0.39, 0.29) is 11.5 Å². The molecule has 150 valence electrons. The summed E-state index contributed by atoms with van der Waals surface area (Å²) in [5.74, 6) is -0.257. The molecule has 0 radical (unpaired) electrons. The van der Waals surface area contributed by atoms with Crippen LogP contribution in [0.25, 0.3) is 15.9 Å². The molecule has 0 saturated heterocycles. The Balaban J connectivity index is 1.72. The Labute approximate surface area is 167 Å². The lowest BCUT2D eigenvalue weighted by Gasteiger charge is -2.14. The van der Waals surface area contributed by atoms with Gasteiger partial charge in [-0.15, -0.1) is 11.3 Å². The first kappa shape index (κ1) is 19.2. The van der Waals surface area contributed by atoms with Crippen molar-refractivity contribution in [2.75, 3.05) is 5.32 Å². The quantitative estimate of drug-likeness (QED) is 0.523. The van der Waals surface area contributed by atoms with Crippen molar-refractivity contribution >= 4 is 33.3 Å². The van der Waals surface area contributed by atoms with Gasteiger partial charge in [-0.25, -0.2) is 4.68 Å². The molecular weight excluding hydrogens is 403 g/mol. The molecule has 3 heterocycles. The zero-order chi connectivity index (χ0) is 20.9. The number of halogens is 3. The Morgan fingerprint density at radius 1 is 1.14 bits per heavy atom. The van der Waals surface area contributed by atoms with E-state index in [2.05, 4.69) is 15.5 Å². The molecule has 4 aromatic rings. The molecule has 10 heteroatoms. The molecule has 4 rings (SSSR count). The summed E-state index contributed by atoms with van der Waals surface area (Å²) >= 11 is 1.27. The van der Waals surface area contributed by atoms with E-state index in [0.717, 1.165) is 26.7 Å². The molecule has 0 saturated carbocycles. The van der Waals surface area contributed by atoms with Gasteiger partial charge >= 0.3 is 6.18 Å². The minimum Gasteiger partial charge on any atom is -0.306 e. The second kappa shape index (κ2) is 6.73. The Hall–Kier alpha value is -3.14. The van der Waals surface area contributed by atoms with E-state index < -0.39 is 17.6 Å². The summed E-state index contributed by atoms with van der Waals surface area (Å²) in [5.41, 5.74) is 0.299. The smallest absolute Gasteiger partial charge is 0.306 e. The number of alkyl halides is 3. The summed E-state index contributed by atoms with van der Waals surface area (Å²) in [6.07, 6.45) is -4.55. The molecule has 0 aliphatic heterocycles. The fourth-order valence-electron chi connectivity index (χ4n) is 3.17. The number of aryl methyl sites for hydroxylation is 3. The number of carbonyl (C=O) groups is 1. The van der Waals surface area contributed by atoms with Crippen LogP contribution in [-0.4, -0.2) is 25.5 Å². The van der Waals surface area contributed by atoms with E-state index >= 15 is 0 Å². The molecule has 0 bridgehead atoms. The van der Waals surface area contributed by atoms with E-state index in [1.165, 1.54) is 35.6 Å².